The van der Waals surface area contributed by atoms with E-state index in [1.54, 1.807) is 30.3 Å². The molecule has 7 heteroatoms. The van der Waals surface area contributed by atoms with Crippen molar-refractivity contribution in [2.75, 3.05) is 5.32 Å². The molecule has 6 nitrogen and oxygen atoms in total. The Hall–Kier alpha value is -2.38. The number of ether oxygens (including phenoxy) is 1. The molecule has 1 unspecified atom stereocenters. The summed E-state index contributed by atoms with van der Waals surface area (Å²) in [5.41, 5.74) is 1.01. The van der Waals surface area contributed by atoms with Gasteiger partial charge in [0, 0.05) is 17.3 Å². The van der Waals surface area contributed by atoms with Crippen LogP contribution in [-0.2, 0) is 10.0 Å². The number of amides is 1. The van der Waals surface area contributed by atoms with Gasteiger partial charge in [-0.3, -0.25) is 4.79 Å². The van der Waals surface area contributed by atoms with Gasteiger partial charge in [0.25, 0.3) is 5.91 Å². The molecule has 3 rings (SSSR count). The number of hydrogen-bond acceptors (Lipinski definition) is 4. The van der Waals surface area contributed by atoms with Crippen LogP contribution in [0.2, 0.25) is 0 Å². The van der Waals surface area contributed by atoms with Gasteiger partial charge in [-0.1, -0.05) is 32.3 Å². The first kappa shape index (κ1) is 22.3. The summed E-state index contributed by atoms with van der Waals surface area (Å²) in [6, 6.07) is 13.3. The molecule has 0 saturated heterocycles. The van der Waals surface area contributed by atoms with Crippen LogP contribution in [0.1, 0.15) is 62.7 Å². The van der Waals surface area contributed by atoms with E-state index in [-0.39, 0.29) is 22.9 Å². The first-order valence-corrected chi connectivity index (χ1v) is 12.1. The molecule has 1 fully saturated rings. The number of anilines is 1. The summed E-state index contributed by atoms with van der Waals surface area (Å²) in [5.74, 6) is 0.368. The SMILES string of the molecule is CCC(C)Oc1cccc(C(=O)Nc2ccc(S(=O)(=O)NC3CCCCC3)cc2)c1. The molecule has 0 spiro atoms. The molecular weight excluding hydrogens is 400 g/mol. The molecule has 1 aliphatic carbocycles. The standard InChI is InChI=1S/C23H30N2O4S/c1-3-17(2)29-21-11-7-8-18(16-21)23(26)24-19-12-14-22(15-13-19)30(27,28)25-20-9-5-4-6-10-20/h7-8,11-17,20,25H,3-6,9-10H2,1-2H3,(H,24,26). The minimum Gasteiger partial charge on any atom is -0.491 e. The van der Waals surface area contributed by atoms with Gasteiger partial charge >= 0.3 is 0 Å². The van der Waals surface area contributed by atoms with Gasteiger partial charge in [-0.2, -0.15) is 0 Å². The van der Waals surface area contributed by atoms with Crippen LogP contribution in [0.3, 0.4) is 0 Å². The van der Waals surface area contributed by atoms with Gasteiger partial charge in [0.2, 0.25) is 10.0 Å². The summed E-state index contributed by atoms with van der Waals surface area (Å²) in [4.78, 5) is 12.8. The highest BCUT2D eigenvalue weighted by atomic mass is 32.2. The van der Waals surface area contributed by atoms with Crippen molar-refractivity contribution in [3.8, 4) is 5.75 Å². The van der Waals surface area contributed by atoms with Gasteiger partial charge < -0.3 is 10.1 Å². The smallest absolute Gasteiger partial charge is 0.255 e. The lowest BCUT2D eigenvalue weighted by Gasteiger charge is -2.22. The molecule has 1 aliphatic rings. The summed E-state index contributed by atoms with van der Waals surface area (Å²) < 4.78 is 33.7. The Balaban J connectivity index is 1.64. The maximum atomic E-state index is 12.6. The molecule has 0 aromatic heterocycles. The van der Waals surface area contributed by atoms with Crippen LogP contribution in [-0.4, -0.2) is 26.5 Å². The number of sulfonamides is 1. The van der Waals surface area contributed by atoms with Gasteiger partial charge in [0.1, 0.15) is 5.75 Å². The van der Waals surface area contributed by atoms with Crippen LogP contribution in [0, 0.1) is 0 Å². The van der Waals surface area contributed by atoms with Gasteiger partial charge in [-0.15, -0.1) is 0 Å². The van der Waals surface area contributed by atoms with E-state index in [1.807, 2.05) is 19.9 Å². The van der Waals surface area contributed by atoms with Crippen molar-refractivity contribution in [1.29, 1.82) is 0 Å². The number of rotatable bonds is 8. The van der Waals surface area contributed by atoms with Gasteiger partial charge in [0.15, 0.2) is 0 Å². The first-order chi connectivity index (χ1) is 14.4. The molecule has 1 atom stereocenters. The van der Waals surface area contributed by atoms with E-state index in [2.05, 4.69) is 10.0 Å². The monoisotopic (exact) mass is 430 g/mol. The lowest BCUT2D eigenvalue weighted by Crippen LogP contribution is -2.36. The van der Waals surface area contributed by atoms with Crippen molar-refractivity contribution in [3.63, 3.8) is 0 Å². The largest absolute Gasteiger partial charge is 0.491 e. The number of nitrogens with one attached hydrogen (secondary N) is 2. The van der Waals surface area contributed by atoms with E-state index in [4.69, 9.17) is 4.74 Å². The molecule has 30 heavy (non-hydrogen) atoms. The van der Waals surface area contributed by atoms with Crippen molar-refractivity contribution >= 4 is 21.6 Å². The van der Waals surface area contributed by atoms with Gasteiger partial charge in [-0.05, 0) is 68.7 Å². The average molecular weight is 431 g/mol. The minimum atomic E-state index is -3.56. The topological polar surface area (TPSA) is 84.5 Å². The van der Waals surface area contributed by atoms with Crippen LogP contribution in [0.25, 0.3) is 0 Å². The van der Waals surface area contributed by atoms with Crippen LogP contribution in [0.5, 0.6) is 5.75 Å². The Morgan fingerprint density at radius 3 is 2.47 bits per heavy atom. The van der Waals surface area contributed by atoms with Gasteiger partial charge in [0.05, 0.1) is 11.0 Å². The Labute approximate surface area is 179 Å². The minimum absolute atomic E-state index is 0.00745. The quantitative estimate of drug-likeness (QED) is 0.634. The molecule has 162 valence electrons. The van der Waals surface area contributed by atoms with E-state index in [1.165, 1.54) is 18.6 Å². The lowest BCUT2D eigenvalue weighted by atomic mass is 9.96. The molecule has 2 N–H and O–H groups in total. The predicted molar refractivity (Wildman–Crippen MR) is 118 cm³/mol. The maximum Gasteiger partial charge on any atom is 0.255 e. The molecular formula is C23H30N2O4S. The third kappa shape index (κ3) is 6.06. The molecule has 2 aromatic carbocycles. The Morgan fingerprint density at radius 1 is 1.10 bits per heavy atom. The zero-order valence-corrected chi connectivity index (χ0v) is 18.4. The van der Waals surface area contributed by atoms with E-state index in [9.17, 15) is 13.2 Å². The van der Waals surface area contributed by atoms with E-state index < -0.39 is 10.0 Å². The Morgan fingerprint density at radius 2 is 1.80 bits per heavy atom. The summed E-state index contributed by atoms with van der Waals surface area (Å²) in [7, 11) is -3.56. The summed E-state index contributed by atoms with van der Waals surface area (Å²) in [6.07, 6.45) is 5.99. The molecule has 0 aliphatic heterocycles. The normalized spacial score (nSPS) is 16.1. The summed E-state index contributed by atoms with van der Waals surface area (Å²) >= 11 is 0. The molecule has 0 bridgehead atoms. The van der Waals surface area contributed by atoms with Crippen molar-refractivity contribution in [2.24, 2.45) is 0 Å². The maximum absolute atomic E-state index is 12.6. The highest BCUT2D eigenvalue weighted by Gasteiger charge is 2.21. The van der Waals surface area contributed by atoms with Crippen LogP contribution >= 0.6 is 0 Å². The van der Waals surface area contributed by atoms with Crippen LogP contribution < -0.4 is 14.8 Å². The third-order valence-electron chi connectivity index (χ3n) is 5.36. The van der Waals surface area contributed by atoms with Crippen LogP contribution in [0.15, 0.2) is 53.4 Å². The Kier molecular flexibility index (Phi) is 7.50. The fraction of sp³-hybridized carbons (Fsp3) is 0.435. The van der Waals surface area contributed by atoms with Crippen LogP contribution in [0.4, 0.5) is 5.69 Å². The van der Waals surface area contributed by atoms with Gasteiger partial charge in [-0.25, -0.2) is 13.1 Å². The number of carbonyl (C=O) groups excluding carboxylic acids is 1. The number of hydrogen-bond donors (Lipinski definition) is 2. The van der Waals surface area contributed by atoms with E-state index in [0.29, 0.717) is 17.0 Å². The first-order valence-electron chi connectivity index (χ1n) is 10.6. The fourth-order valence-electron chi connectivity index (χ4n) is 3.45. The second-order valence-corrected chi connectivity index (χ2v) is 9.51. The van der Waals surface area contributed by atoms with Crippen molar-refractivity contribution in [2.45, 2.75) is 69.4 Å². The molecule has 1 saturated carbocycles. The van der Waals surface area contributed by atoms with Crippen molar-refractivity contribution in [3.05, 3.63) is 54.1 Å². The number of carbonyl (C=O) groups is 1. The predicted octanol–water partition coefficient (Wildman–Crippen LogP) is 4.73. The molecule has 0 heterocycles. The zero-order valence-electron chi connectivity index (χ0n) is 17.6. The lowest BCUT2D eigenvalue weighted by molar-refractivity contribution is 0.102. The second kappa shape index (κ2) is 10.1. The highest BCUT2D eigenvalue weighted by Crippen LogP contribution is 2.21. The average Bonchev–Trinajstić information content (AvgIpc) is 2.74. The highest BCUT2D eigenvalue weighted by molar-refractivity contribution is 7.89. The van der Waals surface area contributed by atoms with E-state index in [0.717, 1.165) is 32.1 Å². The fourth-order valence-corrected chi connectivity index (χ4v) is 4.76. The molecule has 0 radical (unpaired) electrons. The van der Waals surface area contributed by atoms with E-state index >= 15 is 0 Å². The zero-order chi connectivity index (χ0) is 21.6. The molecule has 2 aromatic rings. The Bertz CT molecular complexity index is 951. The van der Waals surface area contributed by atoms with Crippen molar-refractivity contribution < 1.29 is 17.9 Å². The molecule has 1 amide bonds. The summed E-state index contributed by atoms with van der Waals surface area (Å²) in [6.45, 7) is 4.02. The summed E-state index contributed by atoms with van der Waals surface area (Å²) in [5, 5.41) is 2.80. The number of benzene rings is 2. The van der Waals surface area contributed by atoms with Crippen molar-refractivity contribution in [1.82, 2.24) is 4.72 Å². The second-order valence-electron chi connectivity index (χ2n) is 7.80. The third-order valence-corrected chi connectivity index (χ3v) is 6.89.